The van der Waals surface area contributed by atoms with Gasteiger partial charge in [-0.1, -0.05) is 0 Å². The van der Waals surface area contributed by atoms with Crippen molar-refractivity contribution in [2.75, 3.05) is 32.0 Å². The summed E-state index contributed by atoms with van der Waals surface area (Å²) in [6, 6.07) is 1.74. The molecule has 2 aliphatic heterocycles. The zero-order valence-corrected chi connectivity index (χ0v) is 14.6. The van der Waals surface area contributed by atoms with Crippen LogP contribution in [0.2, 0.25) is 0 Å². The summed E-state index contributed by atoms with van der Waals surface area (Å²) in [6.07, 6.45) is 1.89. The molecule has 1 aromatic heterocycles. The molecule has 0 saturated carbocycles. The number of likely N-dealkylation sites (N-methyl/N-ethyl adjacent to an activating group) is 1. The Bertz CT molecular complexity index is 674. The SMILES string of the molecule is CC(=O)Nc1ccsc1C(=O)N1CCC[C@]2(CC1)CN(C)C(=O)O2. The van der Waals surface area contributed by atoms with Crippen molar-refractivity contribution < 1.29 is 19.1 Å². The minimum Gasteiger partial charge on any atom is -0.441 e. The van der Waals surface area contributed by atoms with E-state index in [2.05, 4.69) is 5.32 Å². The maximum atomic E-state index is 12.8. The second-order valence-corrected chi connectivity index (χ2v) is 7.31. The quantitative estimate of drug-likeness (QED) is 0.885. The van der Waals surface area contributed by atoms with Crippen molar-refractivity contribution in [3.05, 3.63) is 16.3 Å². The molecule has 24 heavy (non-hydrogen) atoms. The van der Waals surface area contributed by atoms with Crippen LogP contribution in [0.5, 0.6) is 0 Å². The molecule has 3 amide bonds. The van der Waals surface area contributed by atoms with Gasteiger partial charge in [0, 0.05) is 33.5 Å². The zero-order valence-electron chi connectivity index (χ0n) is 13.8. The smallest absolute Gasteiger partial charge is 0.410 e. The van der Waals surface area contributed by atoms with Crippen LogP contribution in [0.1, 0.15) is 35.9 Å². The Morgan fingerprint density at radius 1 is 1.33 bits per heavy atom. The third-order valence-electron chi connectivity index (χ3n) is 4.50. The summed E-state index contributed by atoms with van der Waals surface area (Å²) in [5.41, 5.74) is 0.0834. The van der Waals surface area contributed by atoms with Gasteiger partial charge in [0.1, 0.15) is 10.5 Å². The Hall–Kier alpha value is -2.09. The molecule has 1 spiro atoms. The fourth-order valence-electron chi connectivity index (χ4n) is 3.33. The second kappa shape index (κ2) is 6.43. The summed E-state index contributed by atoms with van der Waals surface area (Å²) in [5, 5.41) is 4.49. The van der Waals surface area contributed by atoms with Crippen molar-refractivity contribution in [1.82, 2.24) is 9.80 Å². The molecule has 3 heterocycles. The van der Waals surface area contributed by atoms with Gasteiger partial charge in [-0.15, -0.1) is 11.3 Å². The van der Waals surface area contributed by atoms with Gasteiger partial charge in [-0.05, 0) is 24.3 Å². The molecule has 2 fully saturated rings. The van der Waals surface area contributed by atoms with Crippen LogP contribution in [0, 0.1) is 0 Å². The maximum absolute atomic E-state index is 12.8. The molecule has 0 radical (unpaired) electrons. The molecule has 0 aliphatic carbocycles. The summed E-state index contributed by atoms with van der Waals surface area (Å²) >= 11 is 1.33. The van der Waals surface area contributed by atoms with Gasteiger partial charge in [0.2, 0.25) is 5.91 Å². The lowest BCUT2D eigenvalue weighted by Gasteiger charge is -2.25. The normalized spacial score (nSPS) is 24.0. The van der Waals surface area contributed by atoms with Gasteiger partial charge in [-0.3, -0.25) is 9.59 Å². The lowest BCUT2D eigenvalue weighted by Crippen LogP contribution is -2.36. The van der Waals surface area contributed by atoms with Crippen LogP contribution in [0.4, 0.5) is 10.5 Å². The van der Waals surface area contributed by atoms with E-state index >= 15 is 0 Å². The minimum atomic E-state index is -0.475. The molecule has 2 aliphatic rings. The van der Waals surface area contributed by atoms with Crippen molar-refractivity contribution in [2.24, 2.45) is 0 Å². The third kappa shape index (κ3) is 3.24. The molecule has 1 aromatic rings. The molecule has 0 unspecified atom stereocenters. The third-order valence-corrected chi connectivity index (χ3v) is 5.40. The number of likely N-dealkylation sites (tertiary alicyclic amines) is 1. The monoisotopic (exact) mass is 351 g/mol. The van der Waals surface area contributed by atoms with E-state index in [0.29, 0.717) is 36.6 Å². The Labute approximate surface area is 144 Å². The molecule has 3 rings (SSSR count). The Balaban J connectivity index is 1.70. The number of nitrogens with zero attached hydrogens (tertiary/aromatic N) is 2. The van der Waals surface area contributed by atoms with Gasteiger partial charge in [-0.25, -0.2) is 4.79 Å². The molecule has 8 heteroatoms. The van der Waals surface area contributed by atoms with E-state index in [0.717, 1.165) is 12.8 Å². The van der Waals surface area contributed by atoms with Crippen LogP contribution in [0.3, 0.4) is 0 Å². The Morgan fingerprint density at radius 2 is 2.12 bits per heavy atom. The molecular weight excluding hydrogens is 330 g/mol. The highest BCUT2D eigenvalue weighted by Gasteiger charge is 2.44. The molecule has 7 nitrogen and oxygen atoms in total. The maximum Gasteiger partial charge on any atom is 0.410 e. The number of rotatable bonds is 2. The molecule has 0 bridgehead atoms. The summed E-state index contributed by atoms with van der Waals surface area (Å²) in [6.45, 7) is 3.16. The minimum absolute atomic E-state index is 0.0801. The molecule has 0 aromatic carbocycles. The first-order chi connectivity index (χ1) is 11.4. The predicted molar refractivity (Wildman–Crippen MR) is 90.2 cm³/mol. The average molecular weight is 351 g/mol. The average Bonchev–Trinajstić information content (AvgIpc) is 2.99. The topological polar surface area (TPSA) is 79.0 Å². The molecule has 130 valence electrons. The molecular formula is C16H21N3O4S. The number of nitrogens with one attached hydrogen (secondary N) is 1. The van der Waals surface area contributed by atoms with E-state index in [1.165, 1.54) is 18.3 Å². The van der Waals surface area contributed by atoms with Crippen LogP contribution in [-0.4, -0.2) is 60.0 Å². The Morgan fingerprint density at radius 3 is 2.79 bits per heavy atom. The van der Waals surface area contributed by atoms with Crippen LogP contribution < -0.4 is 5.32 Å². The van der Waals surface area contributed by atoms with Gasteiger partial charge in [0.05, 0.1) is 12.2 Å². The van der Waals surface area contributed by atoms with Crippen molar-refractivity contribution >= 4 is 34.9 Å². The highest BCUT2D eigenvalue weighted by Crippen LogP contribution is 2.33. The number of anilines is 1. The van der Waals surface area contributed by atoms with E-state index in [-0.39, 0.29) is 17.9 Å². The van der Waals surface area contributed by atoms with Crippen molar-refractivity contribution in [3.8, 4) is 0 Å². The summed E-state index contributed by atoms with van der Waals surface area (Å²) in [7, 11) is 1.73. The molecule has 2 saturated heterocycles. The first-order valence-electron chi connectivity index (χ1n) is 7.99. The fourth-order valence-corrected chi connectivity index (χ4v) is 4.15. The van der Waals surface area contributed by atoms with Gasteiger partial charge in [-0.2, -0.15) is 0 Å². The summed E-state index contributed by atoms with van der Waals surface area (Å²) in [4.78, 5) is 39.7. The van der Waals surface area contributed by atoms with Gasteiger partial charge in [0.25, 0.3) is 5.91 Å². The van der Waals surface area contributed by atoms with Crippen molar-refractivity contribution in [1.29, 1.82) is 0 Å². The van der Waals surface area contributed by atoms with Crippen molar-refractivity contribution in [2.45, 2.75) is 31.8 Å². The lowest BCUT2D eigenvalue weighted by atomic mass is 9.95. The number of carbonyl (C=O) groups is 3. The highest BCUT2D eigenvalue weighted by molar-refractivity contribution is 7.12. The van der Waals surface area contributed by atoms with E-state index < -0.39 is 5.60 Å². The largest absolute Gasteiger partial charge is 0.441 e. The number of amides is 3. The van der Waals surface area contributed by atoms with Gasteiger partial charge >= 0.3 is 6.09 Å². The van der Waals surface area contributed by atoms with Crippen molar-refractivity contribution in [3.63, 3.8) is 0 Å². The van der Waals surface area contributed by atoms with Crippen LogP contribution in [0.15, 0.2) is 11.4 Å². The number of thiophene rings is 1. The first-order valence-corrected chi connectivity index (χ1v) is 8.87. The van der Waals surface area contributed by atoms with Crippen LogP contribution >= 0.6 is 11.3 Å². The van der Waals surface area contributed by atoms with E-state index in [1.54, 1.807) is 28.3 Å². The number of carbonyl (C=O) groups excluding carboxylic acids is 3. The van der Waals surface area contributed by atoms with E-state index in [1.807, 2.05) is 0 Å². The van der Waals surface area contributed by atoms with Gasteiger partial charge < -0.3 is 19.9 Å². The lowest BCUT2D eigenvalue weighted by molar-refractivity contribution is -0.114. The van der Waals surface area contributed by atoms with E-state index in [4.69, 9.17) is 4.74 Å². The first kappa shape index (κ1) is 16.8. The summed E-state index contributed by atoms with van der Waals surface area (Å²) < 4.78 is 5.57. The van der Waals surface area contributed by atoms with Crippen LogP contribution in [0.25, 0.3) is 0 Å². The highest BCUT2D eigenvalue weighted by atomic mass is 32.1. The fraction of sp³-hybridized carbons (Fsp3) is 0.562. The summed E-state index contributed by atoms with van der Waals surface area (Å²) in [5.74, 6) is -0.276. The Kier molecular flexibility index (Phi) is 4.49. The second-order valence-electron chi connectivity index (χ2n) is 6.40. The zero-order chi connectivity index (χ0) is 17.3. The van der Waals surface area contributed by atoms with E-state index in [9.17, 15) is 14.4 Å². The number of ether oxygens (including phenoxy) is 1. The molecule has 1 atom stereocenters. The standard InChI is InChI=1S/C16H21N3O4S/c1-11(20)17-12-4-9-24-13(12)14(21)19-7-3-5-16(6-8-19)10-18(2)15(22)23-16/h4,9H,3,5-8,10H2,1-2H3,(H,17,20)/t16-/m0/s1. The molecule has 1 N–H and O–H groups in total. The number of hydrogen-bond donors (Lipinski definition) is 1. The van der Waals surface area contributed by atoms with Gasteiger partial charge in [0.15, 0.2) is 0 Å². The number of hydrogen-bond acceptors (Lipinski definition) is 5. The predicted octanol–water partition coefficient (Wildman–Crippen LogP) is 2.15. The van der Waals surface area contributed by atoms with Crippen LogP contribution in [-0.2, 0) is 9.53 Å².